The van der Waals surface area contributed by atoms with Gasteiger partial charge >= 0.3 is 0 Å². The summed E-state index contributed by atoms with van der Waals surface area (Å²) in [4.78, 5) is 83.1. The van der Waals surface area contributed by atoms with Crippen LogP contribution in [0.2, 0.25) is 5.02 Å². The molecule has 20 rings (SSSR count). The molecule has 0 bridgehead atoms. The lowest BCUT2D eigenvalue weighted by molar-refractivity contribution is -0.384. The van der Waals surface area contributed by atoms with Crippen LogP contribution in [0.5, 0.6) is 0 Å². The fourth-order valence-electron chi connectivity index (χ4n) is 18.0. The zero-order valence-electron chi connectivity index (χ0n) is 70.6. The van der Waals surface area contributed by atoms with Gasteiger partial charge in [0.25, 0.3) is 33.5 Å². The Hall–Kier alpha value is -13.1. The van der Waals surface area contributed by atoms with Crippen molar-refractivity contribution < 1.29 is 4.92 Å². The van der Waals surface area contributed by atoms with Crippen LogP contribution >= 0.6 is 27.5 Å². The number of fused-ring (bicyclic) bond motifs is 5. The zero-order valence-corrected chi connectivity index (χ0v) is 73.0. The number of hydrogen-bond acceptors (Lipinski definition) is 18. The fourth-order valence-corrected chi connectivity index (χ4v) is 18.9. The Kier molecular flexibility index (Phi) is 28.2. The second kappa shape index (κ2) is 41.1. The minimum Gasteiger partial charge on any atom is -0.397 e. The molecule has 644 valence electrons. The molecule has 0 radical (unpaired) electrons. The predicted molar refractivity (Wildman–Crippen MR) is 516 cm³/mol. The lowest BCUT2D eigenvalue weighted by Crippen LogP contribution is -2.24. The summed E-state index contributed by atoms with van der Waals surface area (Å²) in [6, 6.07) is 69.6. The molecule has 26 heteroatoms. The highest BCUT2D eigenvalue weighted by atomic mass is 79.9. The minimum atomic E-state index is -0.336. The van der Waals surface area contributed by atoms with E-state index in [0.717, 1.165) is 184 Å². The SMILES string of the molecule is Nc1cc(-c2n[nH]c(=O)c3ccccc23)ccc1N1CCCCCC1.O=c1[nH]nc(-c2ccc(N3CCCCCC3)c(Br)c2)c2ccccc12.O=c1[nH]nc(-c2ccc(N3CCCCCC3)c(Cl)c2)c2ccccc12.O=c1[nH]nc(-c2ccc(N3CCCCCC3)c([N+](=O)[O-])c2)c2ccccc12.O=c1[nH]nc(-c2ccc(N3CCCCCC3)cc2)c2ccccc12. The number of aromatic nitrogens is 10. The van der Waals surface area contributed by atoms with Gasteiger partial charge in [0.15, 0.2) is 0 Å². The Morgan fingerprint density at radius 1 is 0.294 bits per heavy atom. The third-order valence-electron chi connectivity index (χ3n) is 24.6. The van der Waals surface area contributed by atoms with E-state index in [9.17, 15) is 34.1 Å². The van der Waals surface area contributed by atoms with Gasteiger partial charge in [0.05, 0.1) is 88.1 Å². The maximum atomic E-state index is 12.0. The summed E-state index contributed by atoms with van der Waals surface area (Å²) >= 11 is 10.3. The summed E-state index contributed by atoms with van der Waals surface area (Å²) in [5.74, 6) is 0. The van der Waals surface area contributed by atoms with Gasteiger partial charge in [-0.15, -0.1) is 0 Å². The third-order valence-corrected chi connectivity index (χ3v) is 25.5. The van der Waals surface area contributed by atoms with Crippen molar-refractivity contribution in [2.75, 3.05) is 95.7 Å². The highest BCUT2D eigenvalue weighted by Crippen LogP contribution is 2.40. The van der Waals surface area contributed by atoms with E-state index >= 15 is 0 Å². The molecule has 126 heavy (non-hydrogen) atoms. The van der Waals surface area contributed by atoms with Gasteiger partial charge in [0, 0.05) is 136 Å². The van der Waals surface area contributed by atoms with Gasteiger partial charge in [-0.05, 0) is 165 Å². The maximum absolute atomic E-state index is 12.0. The van der Waals surface area contributed by atoms with Crippen molar-refractivity contribution in [3.05, 3.63) is 290 Å². The first-order chi connectivity index (χ1) is 61.7. The van der Waals surface area contributed by atoms with Crippen molar-refractivity contribution in [3.8, 4) is 56.3 Å². The molecule has 10 heterocycles. The zero-order chi connectivity index (χ0) is 86.8. The van der Waals surface area contributed by atoms with E-state index in [1.807, 2.05) is 133 Å². The van der Waals surface area contributed by atoms with Crippen LogP contribution < -0.4 is 58.0 Å². The van der Waals surface area contributed by atoms with E-state index in [1.165, 1.54) is 114 Å². The molecule has 0 unspecified atom stereocenters. The van der Waals surface area contributed by atoms with Crippen molar-refractivity contribution in [1.82, 2.24) is 51.0 Å². The molecule has 7 N–H and O–H groups in total. The topological polar surface area (TPSA) is 314 Å². The van der Waals surface area contributed by atoms with Crippen LogP contribution in [0.15, 0.2) is 247 Å². The van der Waals surface area contributed by atoms with Gasteiger partial charge in [-0.3, -0.25) is 34.1 Å². The van der Waals surface area contributed by atoms with E-state index in [-0.39, 0.29) is 38.4 Å². The fraction of sp³-hybridized carbons (Fsp3) is 0.300. The molecule has 24 nitrogen and oxygen atoms in total. The predicted octanol–water partition coefficient (Wildman–Crippen LogP) is 20.8. The van der Waals surface area contributed by atoms with Crippen molar-refractivity contribution in [2.24, 2.45) is 0 Å². The average Bonchev–Trinajstić information content (AvgIpc) is 0.896. The van der Waals surface area contributed by atoms with E-state index < -0.39 is 0 Å². The summed E-state index contributed by atoms with van der Waals surface area (Å²) in [5, 5.41) is 53.9. The second-order valence-electron chi connectivity index (χ2n) is 32.9. The summed E-state index contributed by atoms with van der Waals surface area (Å²) in [6.07, 6.45) is 24.8. The van der Waals surface area contributed by atoms with Crippen LogP contribution in [0.25, 0.3) is 110 Å². The molecular formula is C100H103BrClN17O7. The number of nitrogens with one attached hydrogen (secondary N) is 5. The Morgan fingerprint density at radius 2 is 0.548 bits per heavy atom. The number of H-pyrrole nitrogens is 5. The van der Waals surface area contributed by atoms with Crippen molar-refractivity contribution in [3.63, 3.8) is 0 Å². The molecule has 5 aliphatic rings. The van der Waals surface area contributed by atoms with E-state index in [2.05, 4.69) is 146 Å². The molecule has 5 aromatic heterocycles. The molecule has 0 aliphatic carbocycles. The number of rotatable bonds is 11. The van der Waals surface area contributed by atoms with Crippen molar-refractivity contribution in [2.45, 2.75) is 128 Å². The maximum Gasteiger partial charge on any atom is 0.293 e. The molecular weight excluding hydrogens is 1670 g/mol. The first-order valence-electron chi connectivity index (χ1n) is 44.2. The lowest BCUT2D eigenvalue weighted by atomic mass is 10.0. The molecule has 10 aromatic carbocycles. The normalized spacial score (nSPS) is 15.2. The Morgan fingerprint density at radius 3 is 0.873 bits per heavy atom. The number of nitrogens with zero attached hydrogens (tertiary/aromatic N) is 11. The first-order valence-corrected chi connectivity index (χ1v) is 45.4. The van der Waals surface area contributed by atoms with Crippen LogP contribution in [-0.2, 0) is 0 Å². The van der Waals surface area contributed by atoms with Gasteiger partial charge in [-0.2, -0.15) is 25.5 Å². The number of anilines is 6. The highest BCUT2D eigenvalue weighted by Gasteiger charge is 2.25. The quantitative estimate of drug-likeness (QED) is 0.0398. The molecule has 15 aromatic rings. The standard InChI is InChI=1S/C20H20BrN3O.C20H20ClN3O.C20H20N4O3.C20H22N4O.C20H21N3O/c2*21-17-13-14(9-10-18(17)24-11-5-1-2-6-12-24)19-15-7-3-4-8-16(15)20(25)23-22-19;25-20-16-8-4-3-7-15(16)19(21-22-20)14-9-10-17(18(13-14)24(26)27)23-11-5-1-2-6-12-23;21-17-13-14(9-10-18(17)24-11-5-1-2-6-12-24)19-15-7-3-4-8-16(15)20(25)23-22-19;24-20-18-8-4-3-7-17(18)19(21-22-20)15-9-11-16(12-10-15)23-13-5-1-2-6-14-23/h2*3-4,7-10,13H,1-2,5-6,11-12H2,(H,23,25);3-4,7-10,13H,1-2,5-6,11-12H2,(H,22,25);3-4,7-10,13H,1-2,5-6,11-12,21H2,(H,23,25);3-4,7-12H,1-2,5-6,13-14H2,(H,22,24). The van der Waals surface area contributed by atoms with Gasteiger partial charge in [-0.25, -0.2) is 25.5 Å². The summed E-state index contributed by atoms with van der Waals surface area (Å²) in [6.45, 7) is 10.4. The van der Waals surface area contributed by atoms with Crippen molar-refractivity contribution in [1.29, 1.82) is 0 Å². The molecule has 0 atom stereocenters. The van der Waals surface area contributed by atoms with Gasteiger partial charge in [0.2, 0.25) is 0 Å². The smallest absolute Gasteiger partial charge is 0.293 e. The number of benzene rings is 10. The van der Waals surface area contributed by atoms with Crippen LogP contribution in [0.4, 0.5) is 39.8 Å². The number of halogens is 2. The summed E-state index contributed by atoms with van der Waals surface area (Å²) < 4.78 is 1.07. The molecule has 0 saturated carbocycles. The number of nitrogens with two attached hydrogens (primary N) is 1. The third kappa shape index (κ3) is 20.1. The van der Waals surface area contributed by atoms with Gasteiger partial charge in [0.1, 0.15) is 5.69 Å². The second-order valence-corrected chi connectivity index (χ2v) is 34.1. The van der Waals surface area contributed by atoms with Crippen LogP contribution in [0.3, 0.4) is 0 Å². The van der Waals surface area contributed by atoms with E-state index in [4.69, 9.17) is 17.3 Å². The van der Waals surface area contributed by atoms with E-state index in [0.29, 0.717) is 49.3 Å². The van der Waals surface area contributed by atoms with Crippen LogP contribution in [0, 0.1) is 10.1 Å². The molecule has 5 saturated heterocycles. The lowest BCUT2D eigenvalue weighted by Gasteiger charge is -2.24. The monoisotopic (exact) mass is 1770 g/mol. The van der Waals surface area contributed by atoms with Gasteiger partial charge < -0.3 is 30.2 Å². The Bertz CT molecular complexity index is 6300. The molecule has 0 spiro atoms. The number of nitro benzene ring substituents is 1. The summed E-state index contributed by atoms with van der Waals surface area (Å²) in [7, 11) is 0. The minimum absolute atomic E-state index is 0.0754. The Labute approximate surface area is 742 Å². The number of nitro groups is 1. The average molecular weight is 1770 g/mol. The largest absolute Gasteiger partial charge is 0.397 e. The van der Waals surface area contributed by atoms with Crippen LogP contribution in [-0.4, -0.2) is 121 Å². The molecule has 0 amide bonds. The van der Waals surface area contributed by atoms with E-state index in [1.54, 1.807) is 30.3 Å². The number of nitrogen functional groups attached to an aromatic ring is 1. The van der Waals surface area contributed by atoms with Gasteiger partial charge in [-0.1, -0.05) is 203 Å². The molecule has 5 aliphatic heterocycles. The Balaban J connectivity index is 0.000000116. The summed E-state index contributed by atoms with van der Waals surface area (Å²) in [5.41, 5.74) is 19.8. The van der Waals surface area contributed by atoms with Crippen LogP contribution in [0.1, 0.15) is 128 Å². The number of aromatic amines is 5. The highest BCUT2D eigenvalue weighted by molar-refractivity contribution is 9.10. The number of hydrogen-bond donors (Lipinski definition) is 6. The first kappa shape index (κ1) is 86.4. The molecule has 5 fully saturated rings. The van der Waals surface area contributed by atoms with Crippen molar-refractivity contribution >= 4 is 121 Å².